The zero-order chi connectivity index (χ0) is 50.2. The van der Waals surface area contributed by atoms with Gasteiger partial charge < -0.3 is 45.0 Å². The third-order valence-electron chi connectivity index (χ3n) is 11.0. The molecular weight excluding hydrogens is 889 g/mol. The number of ether oxygens (including phenoxy) is 5. The van der Waals surface area contributed by atoms with E-state index in [4.69, 9.17) is 29.4 Å². The molecule has 3 aromatic rings. The van der Waals surface area contributed by atoms with Crippen molar-refractivity contribution in [3.8, 4) is 0 Å². The zero-order valence-electron chi connectivity index (χ0n) is 40.4. The number of amides is 5. The van der Waals surface area contributed by atoms with Crippen LogP contribution in [0.1, 0.15) is 115 Å². The number of esters is 2. The minimum absolute atomic E-state index is 0.0332. The first-order valence-corrected chi connectivity index (χ1v) is 23.5. The lowest BCUT2D eigenvalue weighted by atomic mass is 9.98. The number of alkyl carbamates (subject to hydrolysis) is 1. The van der Waals surface area contributed by atoms with E-state index in [9.17, 15) is 33.6 Å². The number of hydrogen-bond acceptors (Lipinski definition) is 12. The molecule has 0 radical (unpaired) electrons. The van der Waals surface area contributed by atoms with Gasteiger partial charge in [-0.05, 0) is 82.4 Å². The van der Waals surface area contributed by atoms with Crippen LogP contribution in [0.4, 0.5) is 14.4 Å². The molecule has 0 heterocycles. The number of likely N-dealkylation sites (N-methyl/N-ethyl adjacent to an activating group) is 1. The summed E-state index contributed by atoms with van der Waals surface area (Å²) in [6, 6.07) is 22.7. The third-order valence-corrected chi connectivity index (χ3v) is 11.0. The number of nitrogens with one attached hydrogen (secondary N) is 2. The molecule has 0 aliphatic heterocycles. The van der Waals surface area contributed by atoms with E-state index in [1.807, 2.05) is 19.1 Å². The first-order valence-electron chi connectivity index (χ1n) is 23.5. The fourth-order valence-corrected chi connectivity index (χ4v) is 7.34. The number of guanidine groups is 1. The zero-order valence-corrected chi connectivity index (χ0v) is 40.4. The second kappa shape index (κ2) is 28.4. The molecule has 0 aromatic heterocycles. The molecule has 374 valence electrons. The van der Waals surface area contributed by atoms with Crippen LogP contribution in [0, 0.1) is 0 Å². The summed E-state index contributed by atoms with van der Waals surface area (Å²) in [6.45, 7) is 6.27. The van der Waals surface area contributed by atoms with Crippen molar-refractivity contribution in [1.29, 1.82) is 0 Å². The van der Waals surface area contributed by atoms with Crippen LogP contribution in [-0.2, 0) is 62.7 Å². The van der Waals surface area contributed by atoms with Crippen LogP contribution in [0.15, 0.2) is 96.0 Å². The Labute approximate surface area is 404 Å². The molecule has 3 atom stereocenters. The van der Waals surface area contributed by atoms with Gasteiger partial charge in [-0.1, -0.05) is 117 Å². The van der Waals surface area contributed by atoms with E-state index in [0.29, 0.717) is 42.4 Å². The summed E-state index contributed by atoms with van der Waals surface area (Å²) in [5.74, 6) is -3.50. The van der Waals surface area contributed by atoms with Gasteiger partial charge in [-0.25, -0.2) is 24.1 Å². The normalized spacial score (nSPS) is 14.2. The monoisotopic (exact) mass is 956 g/mol. The van der Waals surface area contributed by atoms with Gasteiger partial charge in [-0.15, -0.1) is 4.99 Å². The summed E-state index contributed by atoms with van der Waals surface area (Å²) < 4.78 is 27.6. The summed E-state index contributed by atoms with van der Waals surface area (Å²) in [5, 5.41) is 5.29. The maximum Gasteiger partial charge on any atom is 0.437 e. The Kier molecular flexibility index (Phi) is 22.5. The van der Waals surface area contributed by atoms with Gasteiger partial charge in [-0.3, -0.25) is 14.4 Å². The molecular formula is C51H68N6O12. The molecule has 18 nitrogen and oxygen atoms in total. The average Bonchev–Trinajstić information content (AvgIpc) is 3.33. The van der Waals surface area contributed by atoms with Gasteiger partial charge in [0.05, 0.1) is 6.42 Å². The predicted molar refractivity (Wildman–Crippen MR) is 256 cm³/mol. The minimum Gasteiger partial charge on any atom is -0.462 e. The fourth-order valence-electron chi connectivity index (χ4n) is 7.34. The molecule has 0 spiro atoms. The summed E-state index contributed by atoms with van der Waals surface area (Å²) >= 11 is 0. The van der Waals surface area contributed by atoms with Crippen molar-refractivity contribution in [2.75, 3.05) is 13.6 Å². The maximum atomic E-state index is 14.6. The molecule has 0 bridgehead atoms. The van der Waals surface area contributed by atoms with Crippen LogP contribution in [0.2, 0.25) is 0 Å². The van der Waals surface area contributed by atoms with Crippen LogP contribution < -0.4 is 16.4 Å². The summed E-state index contributed by atoms with van der Waals surface area (Å²) in [4.78, 5) is 101. The molecule has 4 N–H and O–H groups in total. The number of aliphatic imine (C=N–C) groups is 1. The summed E-state index contributed by atoms with van der Waals surface area (Å²) in [7, 11) is 1.39. The number of nitrogens with zero attached hydrogens (tertiary/aromatic N) is 3. The van der Waals surface area contributed by atoms with Crippen LogP contribution >= 0.6 is 0 Å². The van der Waals surface area contributed by atoms with Gasteiger partial charge in [0.25, 0.3) is 0 Å². The Morgan fingerprint density at radius 3 is 1.83 bits per heavy atom. The lowest BCUT2D eigenvalue weighted by Gasteiger charge is -2.32. The van der Waals surface area contributed by atoms with Crippen molar-refractivity contribution in [2.45, 2.75) is 148 Å². The highest BCUT2D eigenvalue weighted by atomic mass is 16.6. The van der Waals surface area contributed by atoms with Crippen molar-refractivity contribution >= 4 is 48.0 Å². The van der Waals surface area contributed by atoms with E-state index in [1.54, 1.807) is 99.6 Å². The smallest absolute Gasteiger partial charge is 0.437 e. The number of unbranched alkanes of at least 4 members (excludes halogenated alkanes) is 1. The Balaban J connectivity index is 1.57. The molecule has 5 amide bonds. The van der Waals surface area contributed by atoms with Crippen LogP contribution in [0.3, 0.4) is 0 Å². The van der Waals surface area contributed by atoms with Gasteiger partial charge in [0.1, 0.15) is 49.7 Å². The largest absolute Gasteiger partial charge is 0.462 e. The molecule has 4 rings (SSSR count). The van der Waals surface area contributed by atoms with Crippen molar-refractivity contribution in [3.05, 3.63) is 108 Å². The minimum atomic E-state index is -1.43. The Bertz CT molecular complexity index is 2150. The standard InChI is InChI=1S/C51H68N6O12/c1-6-7-30-42(44(59)53-41(46(61)69-51(2,3)4)32-43(58)68-39-27-18-11-19-28-39)56(5)45(60)40(54-48(62)65-33-36-21-12-8-13-22-36)29-20-31-57(50(64)67-35-38-25-16-10-17-26-38)47(52)55-49(63)66-34-37-23-14-9-15-24-37/h8-10,12-17,21-26,39-42H,6-7,11,18-20,27-35H2,1-5H3,(H,53,59)(H,54,62)(H2,52,55,63)/t40-,41-,42-/m0/s1. The van der Waals surface area contributed by atoms with Crippen LogP contribution in [-0.4, -0.2) is 101 Å². The molecule has 1 aliphatic carbocycles. The predicted octanol–water partition coefficient (Wildman–Crippen LogP) is 7.46. The SMILES string of the molecule is CCCC[C@@H](C(=O)N[C@@H](CC(=O)OC1CCCCC1)C(=O)OC(C)(C)C)N(C)C(=O)[C@H](CCCN(C(=O)OCc1ccccc1)/C(N)=N\C(=O)OCc1ccccc1)NC(=O)OCc1ccccc1. The lowest BCUT2D eigenvalue weighted by Crippen LogP contribution is -2.57. The Hall–Kier alpha value is -6.98. The highest BCUT2D eigenvalue weighted by molar-refractivity contribution is 5.98. The van der Waals surface area contributed by atoms with E-state index in [-0.39, 0.29) is 51.7 Å². The van der Waals surface area contributed by atoms with Gasteiger partial charge in [0.15, 0.2) is 0 Å². The molecule has 3 aromatic carbocycles. The molecule has 1 fully saturated rings. The number of hydrogen-bond donors (Lipinski definition) is 3. The van der Waals surface area contributed by atoms with Crippen LogP contribution in [0.5, 0.6) is 0 Å². The van der Waals surface area contributed by atoms with Gasteiger partial charge in [-0.2, -0.15) is 0 Å². The number of carbonyl (C=O) groups is 7. The molecule has 18 heteroatoms. The number of nitrogens with two attached hydrogens (primary N) is 1. The molecule has 0 saturated heterocycles. The third kappa shape index (κ3) is 20.0. The fraction of sp³-hybridized carbons (Fsp3) is 0.490. The van der Waals surface area contributed by atoms with E-state index in [2.05, 4.69) is 15.6 Å². The van der Waals surface area contributed by atoms with Crippen LogP contribution in [0.25, 0.3) is 0 Å². The second-order valence-corrected chi connectivity index (χ2v) is 17.8. The van der Waals surface area contributed by atoms with E-state index < -0.39 is 78.1 Å². The first kappa shape index (κ1) is 54.6. The number of rotatable bonds is 22. The van der Waals surface area contributed by atoms with Gasteiger partial charge in [0.2, 0.25) is 17.8 Å². The van der Waals surface area contributed by atoms with E-state index >= 15 is 0 Å². The van der Waals surface area contributed by atoms with Gasteiger partial charge >= 0.3 is 30.2 Å². The molecule has 1 aliphatic rings. The quantitative estimate of drug-likeness (QED) is 0.0384. The molecule has 69 heavy (non-hydrogen) atoms. The van der Waals surface area contributed by atoms with Crippen molar-refractivity contribution in [2.24, 2.45) is 10.7 Å². The topological polar surface area (TPSA) is 235 Å². The maximum absolute atomic E-state index is 14.6. The van der Waals surface area contributed by atoms with Crippen molar-refractivity contribution in [3.63, 3.8) is 0 Å². The Morgan fingerprint density at radius 1 is 0.725 bits per heavy atom. The number of carbonyl (C=O) groups excluding carboxylic acids is 7. The summed E-state index contributed by atoms with van der Waals surface area (Å²) in [6.07, 6.45) is 1.64. The molecule has 0 unspecified atom stereocenters. The van der Waals surface area contributed by atoms with Crippen molar-refractivity contribution < 1.29 is 57.2 Å². The second-order valence-electron chi connectivity index (χ2n) is 17.8. The van der Waals surface area contributed by atoms with Crippen molar-refractivity contribution in [1.82, 2.24) is 20.4 Å². The first-order chi connectivity index (χ1) is 33.0. The highest BCUT2D eigenvalue weighted by Crippen LogP contribution is 2.22. The van der Waals surface area contributed by atoms with Gasteiger partial charge in [0, 0.05) is 13.6 Å². The van der Waals surface area contributed by atoms with E-state index in [0.717, 1.165) is 24.2 Å². The lowest BCUT2D eigenvalue weighted by molar-refractivity contribution is -0.164. The average molecular weight is 957 g/mol. The van der Waals surface area contributed by atoms with E-state index in [1.165, 1.54) is 11.9 Å². The summed E-state index contributed by atoms with van der Waals surface area (Å²) in [5.41, 5.74) is 7.36. The Morgan fingerprint density at radius 2 is 1.28 bits per heavy atom. The molecule has 1 saturated carbocycles. The number of benzene rings is 3. The highest BCUT2D eigenvalue weighted by Gasteiger charge is 2.37.